The minimum atomic E-state index is -2.48. The van der Waals surface area contributed by atoms with Crippen molar-refractivity contribution in [3.05, 3.63) is 28.2 Å². The summed E-state index contributed by atoms with van der Waals surface area (Å²) in [5.41, 5.74) is 0.684. The Morgan fingerprint density at radius 2 is 2.11 bits per heavy atom. The third kappa shape index (κ3) is 5.84. The highest BCUT2D eigenvalue weighted by Crippen LogP contribution is 2.29. The summed E-state index contributed by atoms with van der Waals surface area (Å²) in [6, 6.07) is 5.27. The lowest BCUT2D eigenvalue weighted by Crippen LogP contribution is -2.09. The summed E-state index contributed by atoms with van der Waals surface area (Å²) in [7, 11) is 0. The molecule has 1 aromatic rings. The average molecular weight is 339 g/mol. The lowest BCUT2D eigenvalue weighted by molar-refractivity contribution is 0.00474. The molecule has 0 aliphatic rings. The van der Waals surface area contributed by atoms with Crippen LogP contribution in [0.2, 0.25) is 0 Å². The summed E-state index contributed by atoms with van der Waals surface area (Å²) in [4.78, 5) is 0. The first-order chi connectivity index (χ1) is 9.04. The fraction of sp³-hybridized carbons (Fsp3) is 0.538. The first kappa shape index (κ1) is 16.3. The molecule has 3 nitrogen and oxygen atoms in total. The van der Waals surface area contributed by atoms with Gasteiger partial charge in [-0.05, 0) is 24.6 Å². The van der Waals surface area contributed by atoms with Crippen molar-refractivity contribution in [3.63, 3.8) is 0 Å². The van der Waals surface area contributed by atoms with Crippen LogP contribution in [0.15, 0.2) is 22.7 Å². The number of hydrogen-bond acceptors (Lipinski definition) is 3. The zero-order chi connectivity index (χ0) is 14.3. The Labute approximate surface area is 119 Å². The van der Waals surface area contributed by atoms with Gasteiger partial charge in [0.2, 0.25) is 0 Å². The monoisotopic (exact) mass is 338 g/mol. The number of halogens is 3. The van der Waals surface area contributed by atoms with Gasteiger partial charge in [0.1, 0.15) is 12.4 Å². The van der Waals surface area contributed by atoms with Crippen molar-refractivity contribution < 1.29 is 23.4 Å². The molecule has 6 heteroatoms. The Morgan fingerprint density at radius 3 is 2.68 bits per heavy atom. The predicted octanol–water partition coefficient (Wildman–Crippen LogP) is 3.55. The van der Waals surface area contributed by atoms with Crippen molar-refractivity contribution in [2.75, 3.05) is 19.8 Å². The molecule has 0 fully saturated rings. The molecule has 0 radical (unpaired) electrons. The minimum Gasteiger partial charge on any atom is -0.494 e. The molecular formula is C13H17BrF2O3. The van der Waals surface area contributed by atoms with Gasteiger partial charge in [0.25, 0.3) is 6.43 Å². The number of alkyl halides is 2. The molecule has 19 heavy (non-hydrogen) atoms. The molecule has 0 aromatic heterocycles. The topological polar surface area (TPSA) is 38.7 Å². The molecule has 108 valence electrons. The zero-order valence-corrected chi connectivity index (χ0v) is 12.2. The Morgan fingerprint density at radius 1 is 1.37 bits per heavy atom. The van der Waals surface area contributed by atoms with Crippen LogP contribution < -0.4 is 4.74 Å². The molecule has 1 atom stereocenters. The van der Waals surface area contributed by atoms with E-state index in [4.69, 9.17) is 9.47 Å². The molecule has 1 unspecified atom stereocenters. The van der Waals surface area contributed by atoms with Crippen LogP contribution >= 0.6 is 15.9 Å². The molecule has 0 saturated heterocycles. The van der Waals surface area contributed by atoms with Crippen molar-refractivity contribution in [1.29, 1.82) is 0 Å². The third-order valence-electron chi connectivity index (χ3n) is 2.42. The number of ether oxygens (including phenoxy) is 2. The first-order valence-electron chi connectivity index (χ1n) is 6.00. The van der Waals surface area contributed by atoms with Gasteiger partial charge in [0.15, 0.2) is 0 Å². The van der Waals surface area contributed by atoms with E-state index in [2.05, 4.69) is 15.9 Å². The Balaban J connectivity index is 2.49. The van der Waals surface area contributed by atoms with E-state index in [0.29, 0.717) is 17.9 Å². The van der Waals surface area contributed by atoms with Crippen LogP contribution in [0.5, 0.6) is 5.75 Å². The highest BCUT2D eigenvalue weighted by Gasteiger charge is 2.12. The van der Waals surface area contributed by atoms with Crippen LogP contribution in [0.25, 0.3) is 0 Å². The van der Waals surface area contributed by atoms with E-state index in [-0.39, 0.29) is 13.0 Å². The maximum atomic E-state index is 11.9. The summed E-state index contributed by atoms with van der Waals surface area (Å²) in [6.07, 6.45) is -2.98. The average Bonchev–Trinajstić information content (AvgIpc) is 2.34. The molecule has 0 aliphatic carbocycles. The summed E-state index contributed by atoms with van der Waals surface area (Å²) in [6.45, 7) is 1.94. The Hall–Kier alpha value is -0.720. The van der Waals surface area contributed by atoms with Crippen molar-refractivity contribution in [2.24, 2.45) is 0 Å². The first-order valence-corrected chi connectivity index (χ1v) is 6.80. The van der Waals surface area contributed by atoms with E-state index in [1.165, 1.54) is 0 Å². The van der Waals surface area contributed by atoms with Crippen LogP contribution in [-0.4, -0.2) is 31.4 Å². The largest absolute Gasteiger partial charge is 0.494 e. The summed E-state index contributed by atoms with van der Waals surface area (Å²) < 4.78 is 34.5. The lowest BCUT2D eigenvalue weighted by atomic mass is 10.1. The van der Waals surface area contributed by atoms with Crippen molar-refractivity contribution in [1.82, 2.24) is 0 Å². The third-order valence-corrected chi connectivity index (χ3v) is 3.11. The fourth-order valence-electron chi connectivity index (χ4n) is 1.56. The smallest absolute Gasteiger partial charge is 0.261 e. The van der Waals surface area contributed by atoms with Gasteiger partial charge in [-0.3, -0.25) is 0 Å². The Bertz CT molecular complexity index is 388. The standard InChI is InChI=1S/C13H17BrF2O3/c1-2-19-9-3-4-10(11(14)7-9)12(17)5-6-18-8-13(15)16/h3-4,7,12-13,17H,2,5-6,8H2,1H3. The molecule has 1 N–H and O–H groups in total. The van der Waals surface area contributed by atoms with Gasteiger partial charge >= 0.3 is 0 Å². The maximum Gasteiger partial charge on any atom is 0.261 e. The molecule has 0 bridgehead atoms. The predicted molar refractivity (Wildman–Crippen MR) is 71.7 cm³/mol. The maximum absolute atomic E-state index is 11.9. The minimum absolute atomic E-state index is 0.0885. The van der Waals surface area contributed by atoms with Gasteiger partial charge in [0.05, 0.1) is 12.7 Å². The molecule has 1 rings (SSSR count). The molecule has 1 aromatic carbocycles. The van der Waals surface area contributed by atoms with Crippen molar-refractivity contribution in [3.8, 4) is 5.75 Å². The van der Waals surface area contributed by atoms with Crippen LogP contribution in [0.4, 0.5) is 8.78 Å². The summed E-state index contributed by atoms with van der Waals surface area (Å²) in [5, 5.41) is 9.95. The molecule has 0 saturated carbocycles. The van der Waals surface area contributed by atoms with Crippen LogP contribution in [0.1, 0.15) is 25.0 Å². The van der Waals surface area contributed by atoms with Crippen LogP contribution in [-0.2, 0) is 4.74 Å². The molecule has 0 spiro atoms. The van der Waals surface area contributed by atoms with E-state index >= 15 is 0 Å². The summed E-state index contributed by atoms with van der Waals surface area (Å²) in [5.74, 6) is 0.708. The molecule has 0 amide bonds. The van der Waals surface area contributed by atoms with E-state index in [0.717, 1.165) is 4.47 Å². The lowest BCUT2D eigenvalue weighted by Gasteiger charge is -2.14. The van der Waals surface area contributed by atoms with Gasteiger partial charge in [-0.15, -0.1) is 0 Å². The number of aliphatic hydroxyl groups is 1. The van der Waals surface area contributed by atoms with Crippen LogP contribution in [0.3, 0.4) is 0 Å². The van der Waals surface area contributed by atoms with Crippen LogP contribution in [0, 0.1) is 0 Å². The van der Waals surface area contributed by atoms with Gasteiger partial charge in [0, 0.05) is 17.5 Å². The number of hydrogen-bond donors (Lipinski definition) is 1. The SMILES string of the molecule is CCOc1ccc(C(O)CCOCC(F)F)c(Br)c1. The molecule has 0 heterocycles. The van der Waals surface area contributed by atoms with Gasteiger partial charge < -0.3 is 14.6 Å². The molecule has 0 aliphatic heterocycles. The molecular weight excluding hydrogens is 322 g/mol. The Kier molecular flexibility index (Phi) is 7.27. The fourth-order valence-corrected chi connectivity index (χ4v) is 2.18. The van der Waals surface area contributed by atoms with Crippen molar-refractivity contribution in [2.45, 2.75) is 25.9 Å². The van der Waals surface area contributed by atoms with Gasteiger partial charge in [-0.1, -0.05) is 22.0 Å². The number of rotatable bonds is 8. The summed E-state index contributed by atoms with van der Waals surface area (Å²) >= 11 is 3.35. The highest BCUT2D eigenvalue weighted by atomic mass is 79.9. The zero-order valence-electron chi connectivity index (χ0n) is 10.6. The number of benzene rings is 1. The second kappa shape index (κ2) is 8.45. The normalized spacial score (nSPS) is 12.7. The van der Waals surface area contributed by atoms with E-state index < -0.39 is 19.1 Å². The van der Waals surface area contributed by atoms with Gasteiger partial charge in [-0.2, -0.15) is 0 Å². The van der Waals surface area contributed by atoms with Gasteiger partial charge in [-0.25, -0.2) is 8.78 Å². The quantitative estimate of drug-likeness (QED) is 0.736. The number of aliphatic hydroxyl groups excluding tert-OH is 1. The second-order valence-electron chi connectivity index (χ2n) is 3.89. The highest BCUT2D eigenvalue weighted by molar-refractivity contribution is 9.10. The van der Waals surface area contributed by atoms with E-state index in [1.54, 1.807) is 18.2 Å². The van der Waals surface area contributed by atoms with E-state index in [9.17, 15) is 13.9 Å². The van der Waals surface area contributed by atoms with E-state index in [1.807, 2.05) is 6.92 Å². The van der Waals surface area contributed by atoms with Crippen molar-refractivity contribution >= 4 is 15.9 Å². The second-order valence-corrected chi connectivity index (χ2v) is 4.74.